The van der Waals surface area contributed by atoms with Crippen LogP contribution in [0.1, 0.15) is 30.9 Å². The summed E-state index contributed by atoms with van der Waals surface area (Å²) in [6.45, 7) is 6.38. The third-order valence-electron chi connectivity index (χ3n) is 3.34. The molecule has 100 valence electrons. The molecule has 2 aromatic carbocycles. The molecular weight excluding hydrogens is 236 g/mol. The number of aromatic hydroxyl groups is 1. The number of ether oxygens (including phenoxy) is 1. The normalized spacial score (nSPS) is 10.8. The Morgan fingerprint density at radius 3 is 2.42 bits per heavy atom. The van der Waals surface area contributed by atoms with Crippen LogP contribution >= 0.6 is 0 Å². The van der Waals surface area contributed by atoms with Gasteiger partial charge in [-0.25, -0.2) is 0 Å². The van der Waals surface area contributed by atoms with Crippen molar-refractivity contribution in [2.45, 2.75) is 26.7 Å². The highest BCUT2D eigenvalue weighted by Gasteiger charge is 2.14. The Morgan fingerprint density at radius 2 is 1.79 bits per heavy atom. The highest BCUT2D eigenvalue weighted by atomic mass is 16.5. The molecule has 0 spiro atoms. The lowest BCUT2D eigenvalue weighted by Gasteiger charge is -2.16. The minimum Gasteiger partial charge on any atom is -0.504 e. The summed E-state index contributed by atoms with van der Waals surface area (Å²) in [4.78, 5) is 0. The fourth-order valence-corrected chi connectivity index (χ4v) is 2.31. The summed E-state index contributed by atoms with van der Waals surface area (Å²) in [5.74, 6) is 1.12. The zero-order valence-corrected chi connectivity index (χ0v) is 11.9. The Bertz CT molecular complexity index is 586. The molecule has 2 aromatic rings. The average molecular weight is 256 g/mol. The van der Waals surface area contributed by atoms with Gasteiger partial charge in [0.15, 0.2) is 11.5 Å². The number of benzene rings is 2. The molecule has 0 aliphatic rings. The molecule has 0 bridgehead atoms. The summed E-state index contributed by atoms with van der Waals surface area (Å²) in [6, 6.07) is 12.0. The van der Waals surface area contributed by atoms with Crippen molar-refractivity contribution in [1.82, 2.24) is 0 Å². The van der Waals surface area contributed by atoms with Gasteiger partial charge in [-0.05, 0) is 30.0 Å². The minimum absolute atomic E-state index is 0.206. The molecule has 0 atom stereocenters. The van der Waals surface area contributed by atoms with Gasteiger partial charge in [-0.15, -0.1) is 0 Å². The maximum Gasteiger partial charge on any atom is 0.165 e. The largest absolute Gasteiger partial charge is 0.504 e. The molecule has 0 radical (unpaired) electrons. The maximum absolute atomic E-state index is 10.3. The summed E-state index contributed by atoms with van der Waals surface area (Å²) < 4.78 is 5.19. The van der Waals surface area contributed by atoms with E-state index in [2.05, 4.69) is 39.0 Å². The monoisotopic (exact) mass is 256 g/mol. The highest BCUT2D eigenvalue weighted by Crippen LogP contribution is 2.40. The predicted molar refractivity (Wildman–Crippen MR) is 78.9 cm³/mol. The van der Waals surface area contributed by atoms with Gasteiger partial charge >= 0.3 is 0 Å². The second kappa shape index (κ2) is 5.35. The van der Waals surface area contributed by atoms with Crippen LogP contribution in [0.4, 0.5) is 0 Å². The molecule has 19 heavy (non-hydrogen) atoms. The third-order valence-corrected chi connectivity index (χ3v) is 3.34. The van der Waals surface area contributed by atoms with Crippen molar-refractivity contribution < 1.29 is 9.84 Å². The SMILES string of the molecule is COc1cccc(-c2cc(C)ccc2C(C)C)c1O. The Labute approximate surface area is 114 Å². The molecule has 0 saturated carbocycles. The van der Waals surface area contributed by atoms with E-state index in [4.69, 9.17) is 4.74 Å². The van der Waals surface area contributed by atoms with Gasteiger partial charge in [-0.2, -0.15) is 0 Å². The zero-order chi connectivity index (χ0) is 14.0. The molecule has 0 amide bonds. The van der Waals surface area contributed by atoms with Crippen LogP contribution in [0, 0.1) is 6.92 Å². The van der Waals surface area contributed by atoms with Gasteiger partial charge in [0.2, 0.25) is 0 Å². The highest BCUT2D eigenvalue weighted by molar-refractivity contribution is 5.76. The maximum atomic E-state index is 10.3. The van der Waals surface area contributed by atoms with E-state index < -0.39 is 0 Å². The smallest absolute Gasteiger partial charge is 0.165 e. The molecular formula is C17H20O2. The zero-order valence-electron chi connectivity index (χ0n) is 11.9. The molecule has 2 heteroatoms. The van der Waals surface area contributed by atoms with Crippen LogP contribution in [0.25, 0.3) is 11.1 Å². The molecule has 0 saturated heterocycles. The first kappa shape index (κ1) is 13.5. The average Bonchev–Trinajstić information content (AvgIpc) is 2.38. The predicted octanol–water partition coefficient (Wildman–Crippen LogP) is 4.50. The van der Waals surface area contributed by atoms with Crippen LogP contribution in [0.5, 0.6) is 11.5 Å². The molecule has 0 aliphatic carbocycles. The van der Waals surface area contributed by atoms with Crippen LogP contribution in [0.2, 0.25) is 0 Å². The molecule has 0 heterocycles. The Hall–Kier alpha value is -1.96. The molecule has 1 N–H and O–H groups in total. The minimum atomic E-state index is 0.206. The van der Waals surface area contributed by atoms with Crippen molar-refractivity contribution in [1.29, 1.82) is 0 Å². The van der Waals surface area contributed by atoms with Crippen LogP contribution in [0.15, 0.2) is 36.4 Å². The first-order valence-corrected chi connectivity index (χ1v) is 6.51. The van der Waals surface area contributed by atoms with Crippen LogP contribution in [-0.4, -0.2) is 12.2 Å². The summed E-state index contributed by atoms with van der Waals surface area (Å²) >= 11 is 0. The quantitative estimate of drug-likeness (QED) is 0.876. The van der Waals surface area contributed by atoms with Crippen molar-refractivity contribution in [3.8, 4) is 22.6 Å². The van der Waals surface area contributed by atoms with Crippen molar-refractivity contribution in [2.75, 3.05) is 7.11 Å². The van der Waals surface area contributed by atoms with Gasteiger partial charge in [0.1, 0.15) is 0 Å². The lowest BCUT2D eigenvalue weighted by molar-refractivity contribution is 0.374. The van der Waals surface area contributed by atoms with Gasteiger partial charge in [0, 0.05) is 5.56 Å². The number of hydrogen-bond acceptors (Lipinski definition) is 2. The summed E-state index contributed by atoms with van der Waals surface area (Å²) in [7, 11) is 1.57. The number of rotatable bonds is 3. The van der Waals surface area contributed by atoms with Gasteiger partial charge in [0.05, 0.1) is 7.11 Å². The van der Waals surface area contributed by atoms with E-state index >= 15 is 0 Å². The van der Waals surface area contributed by atoms with Gasteiger partial charge in [-0.3, -0.25) is 0 Å². The number of methoxy groups -OCH3 is 1. The lowest BCUT2D eigenvalue weighted by Crippen LogP contribution is -1.94. The summed E-state index contributed by atoms with van der Waals surface area (Å²) in [5.41, 5.74) is 4.31. The molecule has 2 nitrogen and oxygen atoms in total. The van der Waals surface area contributed by atoms with Gasteiger partial charge in [0.25, 0.3) is 0 Å². The van der Waals surface area contributed by atoms with Crippen LogP contribution < -0.4 is 4.74 Å². The molecule has 2 rings (SSSR count). The van der Waals surface area contributed by atoms with E-state index in [9.17, 15) is 5.11 Å². The first-order valence-electron chi connectivity index (χ1n) is 6.51. The fourth-order valence-electron chi connectivity index (χ4n) is 2.31. The van der Waals surface area contributed by atoms with E-state index in [-0.39, 0.29) is 5.75 Å². The standard InChI is InChI=1S/C17H20O2/c1-11(2)13-9-8-12(3)10-15(13)14-6-5-7-16(19-4)17(14)18/h5-11,18H,1-4H3. The van der Waals surface area contributed by atoms with Gasteiger partial charge < -0.3 is 9.84 Å². The first-order chi connectivity index (χ1) is 9.04. The fraction of sp³-hybridized carbons (Fsp3) is 0.294. The Balaban J connectivity index is 2.67. The number of aryl methyl sites for hydroxylation is 1. The molecule has 0 aromatic heterocycles. The summed E-state index contributed by atoms with van der Waals surface area (Å²) in [6.07, 6.45) is 0. The van der Waals surface area contributed by atoms with Crippen molar-refractivity contribution >= 4 is 0 Å². The molecule has 0 fully saturated rings. The molecule has 0 unspecified atom stereocenters. The topological polar surface area (TPSA) is 29.5 Å². The number of hydrogen-bond donors (Lipinski definition) is 1. The lowest BCUT2D eigenvalue weighted by atomic mass is 9.90. The van der Waals surface area contributed by atoms with Crippen molar-refractivity contribution in [2.24, 2.45) is 0 Å². The number of para-hydroxylation sites is 1. The van der Waals surface area contributed by atoms with E-state index in [1.165, 1.54) is 11.1 Å². The summed E-state index contributed by atoms with van der Waals surface area (Å²) in [5, 5.41) is 10.3. The van der Waals surface area contributed by atoms with E-state index in [1.807, 2.05) is 12.1 Å². The molecule has 0 aliphatic heterocycles. The Morgan fingerprint density at radius 1 is 1.05 bits per heavy atom. The van der Waals surface area contributed by atoms with Crippen molar-refractivity contribution in [3.63, 3.8) is 0 Å². The van der Waals surface area contributed by atoms with Gasteiger partial charge in [-0.1, -0.05) is 49.7 Å². The van der Waals surface area contributed by atoms with E-state index in [0.29, 0.717) is 11.7 Å². The second-order valence-electron chi connectivity index (χ2n) is 5.10. The van der Waals surface area contributed by atoms with E-state index in [0.717, 1.165) is 11.1 Å². The number of phenolic OH excluding ortho intramolecular Hbond substituents is 1. The Kier molecular flexibility index (Phi) is 3.79. The second-order valence-corrected chi connectivity index (χ2v) is 5.10. The van der Waals surface area contributed by atoms with E-state index in [1.54, 1.807) is 13.2 Å². The number of phenols is 1. The third kappa shape index (κ3) is 2.58. The van der Waals surface area contributed by atoms with Crippen LogP contribution in [0.3, 0.4) is 0 Å². The van der Waals surface area contributed by atoms with Crippen LogP contribution in [-0.2, 0) is 0 Å². The van der Waals surface area contributed by atoms with Crippen molar-refractivity contribution in [3.05, 3.63) is 47.5 Å².